The molecule has 10 heteroatoms. The predicted molar refractivity (Wildman–Crippen MR) is 123 cm³/mol. The zero-order valence-corrected chi connectivity index (χ0v) is 21.0. The fourth-order valence-electron chi connectivity index (χ4n) is 3.07. The van der Waals surface area contributed by atoms with E-state index < -0.39 is 17.8 Å². The molecular weight excluding hydrogens is 436 g/mol. The Morgan fingerprint density at radius 2 is 1.66 bits per heavy atom. The monoisotopic (exact) mass is 476 g/mol. The van der Waals surface area contributed by atoms with E-state index in [-0.39, 0.29) is 24.0 Å². The molecule has 9 nitrogen and oxygen atoms in total. The van der Waals surface area contributed by atoms with Gasteiger partial charge in [-0.1, -0.05) is 0 Å². The summed E-state index contributed by atoms with van der Waals surface area (Å²) >= 11 is 1.80. The maximum atomic E-state index is 11.9. The van der Waals surface area contributed by atoms with E-state index in [2.05, 4.69) is 32.6 Å². The first-order chi connectivity index (χ1) is 15.2. The van der Waals surface area contributed by atoms with Gasteiger partial charge in [0.1, 0.15) is 0 Å². The number of hydrogen-bond acceptors (Lipinski definition) is 9. The Labute approximate surface area is 196 Å². The minimum Gasteiger partial charge on any atom is -0.382 e. The smallest absolute Gasteiger partial charge is 0.333 e. The molecule has 2 amide bonds. The van der Waals surface area contributed by atoms with Crippen LogP contribution < -0.4 is 0 Å². The van der Waals surface area contributed by atoms with Crippen LogP contribution in [0.15, 0.2) is 0 Å². The molecule has 0 spiro atoms. The summed E-state index contributed by atoms with van der Waals surface area (Å²) in [6, 6.07) is 0.391. The number of imide groups is 1. The van der Waals surface area contributed by atoms with Crippen molar-refractivity contribution in [3.05, 3.63) is 0 Å². The van der Waals surface area contributed by atoms with Gasteiger partial charge in [-0.3, -0.25) is 14.5 Å². The third-order valence-corrected chi connectivity index (χ3v) is 6.26. The number of carbonyl (C=O) groups is 3. The second-order valence-electron chi connectivity index (χ2n) is 8.54. The van der Waals surface area contributed by atoms with Gasteiger partial charge in [0.05, 0.1) is 33.0 Å². The van der Waals surface area contributed by atoms with E-state index in [1.807, 2.05) is 0 Å². The van der Waals surface area contributed by atoms with Gasteiger partial charge in [-0.25, -0.2) is 4.79 Å². The molecular formula is C22H40N2O7S. The topological polar surface area (TPSA) is 94.6 Å². The fourth-order valence-corrected chi connectivity index (χ4v) is 4.17. The van der Waals surface area contributed by atoms with Crippen molar-refractivity contribution in [2.24, 2.45) is 0 Å². The van der Waals surface area contributed by atoms with Crippen LogP contribution in [0.4, 0.5) is 0 Å². The highest BCUT2D eigenvalue weighted by Gasteiger charge is 2.32. The SMILES string of the molecule is COCCOCCOCCN(CC(C)(C)SCCCC(=O)ON1C(=O)CCC1=O)C(C)C. The second kappa shape index (κ2) is 15.6. The van der Waals surface area contributed by atoms with Crippen LogP contribution in [0.1, 0.15) is 53.4 Å². The van der Waals surface area contributed by atoms with Gasteiger partial charge < -0.3 is 19.0 Å². The number of ether oxygens (including phenoxy) is 3. The lowest BCUT2D eigenvalue weighted by Gasteiger charge is -2.35. The van der Waals surface area contributed by atoms with Gasteiger partial charge in [-0.05, 0) is 39.9 Å². The van der Waals surface area contributed by atoms with Gasteiger partial charge in [0, 0.05) is 50.3 Å². The van der Waals surface area contributed by atoms with E-state index in [1.54, 1.807) is 18.9 Å². The Bertz CT molecular complexity index is 571. The quantitative estimate of drug-likeness (QED) is 0.218. The van der Waals surface area contributed by atoms with Crippen LogP contribution in [-0.4, -0.2) is 97.5 Å². The fraction of sp³-hybridized carbons (Fsp3) is 0.864. The zero-order chi connectivity index (χ0) is 24.0. The zero-order valence-electron chi connectivity index (χ0n) is 20.2. The second-order valence-corrected chi connectivity index (χ2v) is 10.3. The largest absolute Gasteiger partial charge is 0.382 e. The van der Waals surface area contributed by atoms with E-state index in [0.29, 0.717) is 50.6 Å². The number of carbonyl (C=O) groups excluding carboxylic acids is 3. The number of hydroxylamine groups is 2. The summed E-state index contributed by atoms with van der Waals surface area (Å²) in [6.45, 7) is 13.4. The molecule has 0 aliphatic carbocycles. The van der Waals surface area contributed by atoms with Crippen molar-refractivity contribution in [3.8, 4) is 0 Å². The molecule has 1 saturated heterocycles. The molecule has 1 rings (SSSR count). The maximum absolute atomic E-state index is 11.9. The van der Waals surface area contributed by atoms with Crippen molar-refractivity contribution in [2.75, 3.05) is 59.0 Å². The Balaban J connectivity index is 2.23. The summed E-state index contributed by atoms with van der Waals surface area (Å²) in [5, 5.41) is 0.605. The van der Waals surface area contributed by atoms with E-state index in [0.717, 1.165) is 18.8 Å². The first-order valence-electron chi connectivity index (χ1n) is 11.3. The molecule has 1 aliphatic heterocycles. The van der Waals surface area contributed by atoms with Crippen molar-refractivity contribution >= 4 is 29.5 Å². The first-order valence-corrected chi connectivity index (χ1v) is 12.2. The van der Waals surface area contributed by atoms with Crippen LogP contribution in [0.25, 0.3) is 0 Å². The van der Waals surface area contributed by atoms with E-state index in [1.165, 1.54) is 0 Å². The molecule has 0 N–H and O–H groups in total. The Morgan fingerprint density at radius 3 is 2.25 bits per heavy atom. The summed E-state index contributed by atoms with van der Waals surface area (Å²) in [4.78, 5) is 42.2. The van der Waals surface area contributed by atoms with Crippen LogP contribution in [-0.2, 0) is 33.4 Å². The lowest BCUT2D eigenvalue weighted by atomic mass is 10.1. The van der Waals surface area contributed by atoms with E-state index in [4.69, 9.17) is 19.0 Å². The number of hydrogen-bond donors (Lipinski definition) is 0. The van der Waals surface area contributed by atoms with Gasteiger partial charge in [0.25, 0.3) is 11.8 Å². The van der Waals surface area contributed by atoms with Crippen LogP contribution >= 0.6 is 11.8 Å². The molecule has 1 fully saturated rings. The van der Waals surface area contributed by atoms with Gasteiger partial charge in [-0.2, -0.15) is 11.8 Å². The highest BCUT2D eigenvalue weighted by atomic mass is 32.2. The van der Waals surface area contributed by atoms with Crippen LogP contribution in [0.2, 0.25) is 0 Å². The lowest BCUT2D eigenvalue weighted by Crippen LogP contribution is -2.42. The lowest BCUT2D eigenvalue weighted by molar-refractivity contribution is -0.197. The molecule has 0 aromatic heterocycles. The predicted octanol–water partition coefficient (Wildman–Crippen LogP) is 2.28. The molecule has 0 saturated carbocycles. The molecule has 0 bridgehead atoms. The molecule has 1 heterocycles. The first kappa shape index (κ1) is 28.8. The molecule has 32 heavy (non-hydrogen) atoms. The number of amides is 2. The number of nitrogens with zero attached hydrogens (tertiary/aromatic N) is 2. The summed E-state index contributed by atoms with van der Waals surface area (Å²) in [6.07, 6.45) is 1.01. The maximum Gasteiger partial charge on any atom is 0.333 e. The van der Waals surface area contributed by atoms with Gasteiger partial charge >= 0.3 is 5.97 Å². The summed E-state index contributed by atoms with van der Waals surface area (Å²) in [7, 11) is 1.65. The van der Waals surface area contributed by atoms with Crippen molar-refractivity contribution in [1.29, 1.82) is 0 Å². The summed E-state index contributed by atoms with van der Waals surface area (Å²) < 4.78 is 16.0. The minimum atomic E-state index is -0.542. The molecule has 0 unspecified atom stereocenters. The summed E-state index contributed by atoms with van der Waals surface area (Å²) in [5.74, 6) is -0.657. The van der Waals surface area contributed by atoms with Crippen molar-refractivity contribution in [1.82, 2.24) is 9.96 Å². The minimum absolute atomic E-state index is 0.00166. The van der Waals surface area contributed by atoms with Gasteiger partial charge in [-0.15, -0.1) is 5.06 Å². The highest BCUT2D eigenvalue weighted by Crippen LogP contribution is 2.27. The molecule has 0 atom stereocenters. The third kappa shape index (κ3) is 12.2. The van der Waals surface area contributed by atoms with Crippen molar-refractivity contribution < 1.29 is 33.4 Å². The third-order valence-electron chi connectivity index (χ3n) is 4.86. The molecule has 0 aromatic rings. The van der Waals surface area contributed by atoms with Crippen molar-refractivity contribution in [3.63, 3.8) is 0 Å². The molecule has 1 aliphatic rings. The Morgan fingerprint density at radius 1 is 1.06 bits per heavy atom. The van der Waals surface area contributed by atoms with Crippen molar-refractivity contribution in [2.45, 2.75) is 64.2 Å². The Kier molecular flexibility index (Phi) is 14.1. The van der Waals surface area contributed by atoms with Gasteiger partial charge in [0.15, 0.2) is 0 Å². The van der Waals surface area contributed by atoms with Crippen LogP contribution in [0, 0.1) is 0 Å². The van der Waals surface area contributed by atoms with E-state index in [9.17, 15) is 14.4 Å². The number of rotatable bonds is 18. The standard InChI is InChI=1S/C22H40N2O7S/c1-18(2)23(10-11-29-14-15-30-13-12-28-5)17-22(3,4)32-16-6-7-21(27)31-24-19(25)8-9-20(24)26/h18H,6-17H2,1-5H3. The summed E-state index contributed by atoms with van der Waals surface area (Å²) in [5.41, 5.74) is 0. The van der Waals surface area contributed by atoms with E-state index >= 15 is 0 Å². The molecule has 0 aromatic carbocycles. The number of methoxy groups -OCH3 is 1. The average molecular weight is 477 g/mol. The van der Waals surface area contributed by atoms with Gasteiger partial charge in [0.2, 0.25) is 0 Å². The Hall–Kier alpha value is -1.20. The highest BCUT2D eigenvalue weighted by molar-refractivity contribution is 8.00. The van der Waals surface area contributed by atoms with Crippen LogP contribution in [0.5, 0.6) is 0 Å². The molecule has 0 radical (unpaired) electrons. The number of thioether (sulfide) groups is 1. The molecule has 186 valence electrons. The van der Waals surface area contributed by atoms with Crippen LogP contribution in [0.3, 0.4) is 0 Å². The normalized spacial score (nSPS) is 14.8. The average Bonchev–Trinajstić information content (AvgIpc) is 3.04.